The number of hydrogen-bond acceptors (Lipinski definition) is 5. The lowest BCUT2D eigenvalue weighted by atomic mass is 10.2. The molecule has 104 valence electrons. The number of aromatic nitrogens is 1. The summed E-state index contributed by atoms with van der Waals surface area (Å²) in [5.41, 5.74) is 0.834. The Morgan fingerprint density at radius 2 is 2.10 bits per heavy atom. The van der Waals surface area contributed by atoms with Gasteiger partial charge in [-0.2, -0.15) is 0 Å². The second kappa shape index (κ2) is 6.96. The molecule has 0 radical (unpaired) electrons. The van der Waals surface area contributed by atoms with Gasteiger partial charge in [0.05, 0.1) is 11.3 Å². The molecule has 0 atom stereocenters. The third kappa shape index (κ3) is 4.28. The number of carbonyl (C=O) groups is 2. The average molecular weight is 289 g/mol. The molecule has 2 rings (SSSR count). The zero-order valence-corrected chi connectivity index (χ0v) is 12.0. The van der Waals surface area contributed by atoms with E-state index in [4.69, 9.17) is 4.74 Å². The minimum Gasteiger partial charge on any atom is -0.461 e. The van der Waals surface area contributed by atoms with Crippen molar-refractivity contribution in [2.45, 2.75) is 26.4 Å². The molecule has 0 unspecified atom stereocenters. The first-order chi connectivity index (χ1) is 9.65. The van der Waals surface area contributed by atoms with Crippen molar-refractivity contribution in [2.24, 2.45) is 0 Å². The first-order valence-electron chi connectivity index (χ1n) is 6.29. The van der Waals surface area contributed by atoms with Gasteiger partial charge in [-0.1, -0.05) is 6.07 Å². The Morgan fingerprint density at radius 3 is 2.75 bits per heavy atom. The molecule has 2 heterocycles. The molecule has 0 aromatic carbocycles. The van der Waals surface area contributed by atoms with E-state index in [2.05, 4.69) is 4.98 Å². The van der Waals surface area contributed by atoms with Gasteiger partial charge in [0.25, 0.3) is 0 Å². The molecule has 2 aromatic heterocycles. The van der Waals surface area contributed by atoms with Crippen molar-refractivity contribution in [1.29, 1.82) is 0 Å². The van der Waals surface area contributed by atoms with E-state index in [0.29, 0.717) is 4.88 Å². The Balaban J connectivity index is 1.74. The largest absolute Gasteiger partial charge is 0.461 e. The van der Waals surface area contributed by atoms with Gasteiger partial charge in [0.2, 0.25) is 0 Å². The number of ketones is 1. The standard InChI is InChI=1S/C15H15NO3S/c1-11-4-6-14(20-11)13(17)5-7-15(18)19-10-12-3-2-8-16-9-12/h2-4,6,8-9H,5,7,10H2,1H3. The van der Waals surface area contributed by atoms with E-state index in [1.54, 1.807) is 24.5 Å². The Labute approximate surface area is 121 Å². The van der Waals surface area contributed by atoms with E-state index in [9.17, 15) is 9.59 Å². The van der Waals surface area contributed by atoms with Gasteiger partial charge in [-0.05, 0) is 25.1 Å². The van der Waals surface area contributed by atoms with E-state index >= 15 is 0 Å². The lowest BCUT2D eigenvalue weighted by Gasteiger charge is -2.03. The number of rotatable bonds is 6. The number of nitrogens with zero attached hydrogens (tertiary/aromatic N) is 1. The smallest absolute Gasteiger partial charge is 0.306 e. The quantitative estimate of drug-likeness (QED) is 0.605. The highest BCUT2D eigenvalue weighted by atomic mass is 32.1. The maximum absolute atomic E-state index is 11.8. The summed E-state index contributed by atoms with van der Waals surface area (Å²) in [4.78, 5) is 29.1. The summed E-state index contributed by atoms with van der Waals surface area (Å²) in [7, 11) is 0. The molecule has 0 aliphatic rings. The third-order valence-corrected chi connectivity index (χ3v) is 3.74. The lowest BCUT2D eigenvalue weighted by molar-refractivity contribution is -0.144. The molecule has 0 saturated heterocycles. The van der Waals surface area contributed by atoms with Gasteiger partial charge in [0.15, 0.2) is 5.78 Å². The first-order valence-corrected chi connectivity index (χ1v) is 7.11. The monoisotopic (exact) mass is 289 g/mol. The Kier molecular flexibility index (Phi) is 5.01. The minimum absolute atomic E-state index is 0.0126. The van der Waals surface area contributed by atoms with Crippen LogP contribution in [0.5, 0.6) is 0 Å². The third-order valence-electron chi connectivity index (χ3n) is 2.69. The van der Waals surface area contributed by atoms with Crippen molar-refractivity contribution in [1.82, 2.24) is 4.98 Å². The average Bonchev–Trinajstić information content (AvgIpc) is 2.90. The van der Waals surface area contributed by atoms with Crippen LogP contribution in [0.15, 0.2) is 36.7 Å². The van der Waals surface area contributed by atoms with Crippen molar-refractivity contribution in [3.05, 3.63) is 52.0 Å². The Bertz CT molecular complexity index is 592. The molecule has 0 aliphatic carbocycles. The molecule has 0 N–H and O–H groups in total. The van der Waals surface area contributed by atoms with Crippen molar-refractivity contribution in [3.8, 4) is 0 Å². The SMILES string of the molecule is Cc1ccc(C(=O)CCC(=O)OCc2cccnc2)s1. The van der Waals surface area contributed by atoms with Crippen molar-refractivity contribution < 1.29 is 14.3 Å². The number of pyridine rings is 1. The Hall–Kier alpha value is -2.01. The molecular formula is C15H15NO3S. The molecule has 0 fully saturated rings. The normalized spacial score (nSPS) is 10.2. The maximum atomic E-state index is 11.8. The van der Waals surface area contributed by atoms with E-state index in [-0.39, 0.29) is 31.2 Å². The predicted molar refractivity (Wildman–Crippen MR) is 76.7 cm³/mol. The fourth-order valence-electron chi connectivity index (χ4n) is 1.64. The van der Waals surface area contributed by atoms with Crippen LogP contribution in [0.1, 0.15) is 33.0 Å². The molecule has 2 aromatic rings. The van der Waals surface area contributed by atoms with Crippen LogP contribution in [0.25, 0.3) is 0 Å². The van der Waals surface area contributed by atoms with E-state index in [1.165, 1.54) is 11.3 Å². The molecule has 4 nitrogen and oxygen atoms in total. The fraction of sp³-hybridized carbons (Fsp3) is 0.267. The van der Waals surface area contributed by atoms with Crippen LogP contribution >= 0.6 is 11.3 Å². The highest BCUT2D eigenvalue weighted by molar-refractivity contribution is 7.14. The highest BCUT2D eigenvalue weighted by Gasteiger charge is 2.11. The number of aryl methyl sites for hydroxylation is 1. The molecule has 0 amide bonds. The van der Waals surface area contributed by atoms with Crippen LogP contribution < -0.4 is 0 Å². The van der Waals surface area contributed by atoms with Gasteiger partial charge < -0.3 is 4.74 Å². The number of esters is 1. The lowest BCUT2D eigenvalue weighted by Crippen LogP contribution is -2.07. The molecule has 0 bridgehead atoms. The summed E-state index contributed by atoms with van der Waals surface area (Å²) in [6, 6.07) is 7.31. The molecule has 5 heteroatoms. The minimum atomic E-state index is -0.365. The number of carbonyl (C=O) groups excluding carboxylic acids is 2. The van der Waals surface area contributed by atoms with Crippen LogP contribution in [-0.2, 0) is 16.1 Å². The summed E-state index contributed by atoms with van der Waals surface area (Å²) >= 11 is 1.45. The van der Waals surface area contributed by atoms with Gasteiger partial charge in [-0.25, -0.2) is 0 Å². The summed E-state index contributed by atoms with van der Waals surface area (Å²) in [5, 5.41) is 0. The van der Waals surface area contributed by atoms with Crippen LogP contribution in [0.3, 0.4) is 0 Å². The second-order valence-corrected chi connectivity index (χ2v) is 5.64. The van der Waals surface area contributed by atoms with E-state index in [1.807, 2.05) is 19.1 Å². The summed E-state index contributed by atoms with van der Waals surface area (Å²) in [6.45, 7) is 2.14. The molecule has 20 heavy (non-hydrogen) atoms. The van der Waals surface area contributed by atoms with Crippen LogP contribution in [0.2, 0.25) is 0 Å². The van der Waals surface area contributed by atoms with E-state index in [0.717, 1.165) is 10.4 Å². The maximum Gasteiger partial charge on any atom is 0.306 e. The topological polar surface area (TPSA) is 56.3 Å². The predicted octanol–water partition coefficient (Wildman–Crippen LogP) is 3.16. The van der Waals surface area contributed by atoms with Gasteiger partial charge in [-0.15, -0.1) is 11.3 Å². The number of hydrogen-bond donors (Lipinski definition) is 0. The molecular weight excluding hydrogens is 274 g/mol. The van der Waals surface area contributed by atoms with Crippen molar-refractivity contribution in [3.63, 3.8) is 0 Å². The summed E-state index contributed by atoms with van der Waals surface area (Å²) in [5.74, 6) is -0.378. The number of ether oxygens (including phenoxy) is 1. The van der Waals surface area contributed by atoms with Crippen molar-refractivity contribution >= 4 is 23.1 Å². The van der Waals surface area contributed by atoms with Gasteiger partial charge in [-0.3, -0.25) is 14.6 Å². The van der Waals surface area contributed by atoms with Gasteiger partial charge in [0, 0.05) is 29.3 Å². The van der Waals surface area contributed by atoms with Crippen molar-refractivity contribution in [2.75, 3.05) is 0 Å². The second-order valence-electron chi connectivity index (χ2n) is 4.36. The summed E-state index contributed by atoms with van der Waals surface area (Å²) < 4.78 is 5.09. The Morgan fingerprint density at radius 1 is 1.25 bits per heavy atom. The highest BCUT2D eigenvalue weighted by Crippen LogP contribution is 2.17. The van der Waals surface area contributed by atoms with Gasteiger partial charge in [0.1, 0.15) is 6.61 Å². The molecule has 0 spiro atoms. The molecule has 0 saturated carbocycles. The summed E-state index contributed by atoms with van der Waals surface area (Å²) in [6.07, 6.45) is 3.60. The zero-order chi connectivity index (χ0) is 14.4. The van der Waals surface area contributed by atoms with Crippen LogP contribution in [0.4, 0.5) is 0 Å². The first kappa shape index (κ1) is 14.4. The molecule has 0 aliphatic heterocycles. The number of thiophene rings is 1. The number of Topliss-reactive ketones (excluding diaryl/α,β-unsaturated/α-hetero) is 1. The van der Waals surface area contributed by atoms with E-state index < -0.39 is 0 Å². The zero-order valence-electron chi connectivity index (χ0n) is 11.2. The fourth-order valence-corrected chi connectivity index (χ4v) is 2.48. The van der Waals surface area contributed by atoms with Crippen LogP contribution in [-0.4, -0.2) is 16.7 Å². The van der Waals surface area contributed by atoms with Gasteiger partial charge >= 0.3 is 5.97 Å². The van der Waals surface area contributed by atoms with Crippen LogP contribution in [0, 0.1) is 6.92 Å².